The van der Waals surface area contributed by atoms with Gasteiger partial charge >= 0.3 is 12.1 Å². The van der Waals surface area contributed by atoms with Gasteiger partial charge in [-0.25, -0.2) is 9.59 Å². The van der Waals surface area contributed by atoms with Gasteiger partial charge in [-0.05, 0) is 55.2 Å². The average Bonchev–Trinajstić information content (AvgIpc) is 3.48. The van der Waals surface area contributed by atoms with Gasteiger partial charge < -0.3 is 47.3 Å². The summed E-state index contributed by atoms with van der Waals surface area (Å²) in [6.07, 6.45) is 3.76. The molecule has 57 heavy (non-hydrogen) atoms. The van der Waals surface area contributed by atoms with E-state index in [9.17, 15) is 43.2 Å². The van der Waals surface area contributed by atoms with E-state index >= 15 is 0 Å². The number of carbonyl (C=O) groups excluding carboxylic acids is 9. The number of nitrogens with zero attached hydrogens (tertiary/aromatic N) is 2. The summed E-state index contributed by atoms with van der Waals surface area (Å²) in [6.45, 7) is 6.99. The van der Waals surface area contributed by atoms with Crippen LogP contribution in [0.4, 0.5) is 15.3 Å². The summed E-state index contributed by atoms with van der Waals surface area (Å²) in [4.78, 5) is 113. The van der Waals surface area contributed by atoms with Crippen molar-refractivity contribution < 1.29 is 47.9 Å². The first-order chi connectivity index (χ1) is 26.9. The average molecular weight is 800 g/mol. The molecule has 2 rings (SSSR count). The summed E-state index contributed by atoms with van der Waals surface area (Å²) in [5.74, 6) is -3.62. The lowest BCUT2D eigenvalue weighted by molar-refractivity contribution is -0.137. The van der Waals surface area contributed by atoms with E-state index in [0.717, 1.165) is 9.80 Å². The number of ether oxygens (including phenoxy) is 1. The van der Waals surface area contributed by atoms with E-state index in [2.05, 4.69) is 31.9 Å². The van der Waals surface area contributed by atoms with Gasteiger partial charge in [-0.15, -0.1) is 0 Å². The largest absolute Gasteiger partial charge is 0.445 e. The Morgan fingerprint density at radius 2 is 1.37 bits per heavy atom. The van der Waals surface area contributed by atoms with E-state index < -0.39 is 48.0 Å². The van der Waals surface area contributed by atoms with Gasteiger partial charge in [0.2, 0.25) is 29.5 Å². The Bertz CT molecular complexity index is 1610. The van der Waals surface area contributed by atoms with Gasteiger partial charge in [0.05, 0.1) is 0 Å². The molecule has 0 saturated carbocycles. The second-order valence-electron chi connectivity index (χ2n) is 14.3. The third-order valence-corrected chi connectivity index (χ3v) is 8.84. The van der Waals surface area contributed by atoms with Crippen molar-refractivity contribution >= 4 is 59.2 Å². The fourth-order valence-electron chi connectivity index (χ4n) is 5.57. The molecule has 1 aliphatic rings. The molecular formula is C38H57N9O10. The van der Waals surface area contributed by atoms with Crippen molar-refractivity contribution in [2.24, 2.45) is 17.6 Å². The zero-order valence-corrected chi connectivity index (χ0v) is 33.5. The molecule has 8 N–H and O–H groups in total. The summed E-state index contributed by atoms with van der Waals surface area (Å²) < 4.78 is 5.31. The number of hydrogen-bond donors (Lipinski definition) is 7. The molecule has 0 unspecified atom stereocenters. The maximum atomic E-state index is 13.5. The van der Waals surface area contributed by atoms with E-state index in [0.29, 0.717) is 30.5 Å². The summed E-state index contributed by atoms with van der Waals surface area (Å²) in [5.41, 5.74) is 6.10. The number of nitrogens with two attached hydrogens (primary N) is 1. The summed E-state index contributed by atoms with van der Waals surface area (Å²) >= 11 is 0. The molecule has 314 valence electrons. The Balaban J connectivity index is 1.94. The molecule has 1 aromatic rings. The first-order valence-corrected chi connectivity index (χ1v) is 18.9. The fourth-order valence-corrected chi connectivity index (χ4v) is 5.57. The summed E-state index contributed by atoms with van der Waals surface area (Å²) in [6, 6.07) is 2.86. The van der Waals surface area contributed by atoms with Gasteiger partial charge in [0.1, 0.15) is 31.3 Å². The summed E-state index contributed by atoms with van der Waals surface area (Å²) in [7, 11) is 2.85. The second kappa shape index (κ2) is 23.8. The van der Waals surface area contributed by atoms with Gasteiger partial charge in [-0.1, -0.05) is 46.2 Å². The maximum absolute atomic E-state index is 13.5. The maximum Gasteiger partial charge on any atom is 0.410 e. The van der Waals surface area contributed by atoms with Gasteiger partial charge in [0, 0.05) is 51.4 Å². The highest BCUT2D eigenvalue weighted by molar-refractivity contribution is 6.12. The van der Waals surface area contributed by atoms with E-state index in [-0.39, 0.29) is 81.0 Å². The lowest BCUT2D eigenvalue weighted by Crippen LogP contribution is -2.54. The quantitative estimate of drug-likeness (QED) is 0.0600. The number of hydrogen-bond acceptors (Lipinski definition) is 10. The van der Waals surface area contributed by atoms with Crippen LogP contribution < -0.4 is 37.6 Å². The molecule has 0 fully saturated rings. The number of carbonyl (C=O) groups is 9. The Morgan fingerprint density at radius 3 is 1.95 bits per heavy atom. The van der Waals surface area contributed by atoms with Crippen molar-refractivity contribution in [3.63, 3.8) is 0 Å². The molecule has 1 aliphatic heterocycles. The number of urea groups is 1. The van der Waals surface area contributed by atoms with Crippen LogP contribution in [0.5, 0.6) is 0 Å². The number of unbranched alkanes of at least 4 members (excludes halogenated alkanes) is 2. The number of anilines is 1. The zero-order valence-electron chi connectivity index (χ0n) is 33.5. The third kappa shape index (κ3) is 16.7. The van der Waals surface area contributed by atoms with Crippen molar-refractivity contribution in [1.29, 1.82) is 0 Å². The standard InChI is InChI=1S/C38H57N9O10/c1-23(2)32(35(53)40-5)45-29(49)21-46(6)38(56)57-22-25-13-15-26(16-14-25)42-34(52)27(11-10-19-41-37(39)55)43-36(54)33(24(3)4)44-28(48)12-8-7-9-20-47-30(50)17-18-31(47)51/h13-18,23-24,27,32-33H,7-12,19-22H2,1-6H3,(H,40,53)(H,42,52)(H,43,54)(H,44,48)(H,45,49)(H3,39,41,55)/t27-,32-,33-/m0/s1. The SMILES string of the molecule is CNC(=O)[C@@H](NC(=O)CN(C)C(=O)OCc1ccc(NC(=O)[C@H](CCCNC(N)=O)NC(=O)[C@@H](NC(=O)CCCCCN2C(=O)C=CC2=O)C(C)C)cc1)C(C)C. The topological polar surface area (TPSA) is 268 Å². The van der Waals surface area contributed by atoms with Crippen LogP contribution in [-0.2, 0) is 44.9 Å². The molecule has 19 heteroatoms. The van der Waals surface area contributed by atoms with Crippen LogP contribution in [0, 0.1) is 11.8 Å². The highest BCUT2D eigenvalue weighted by Crippen LogP contribution is 2.14. The molecule has 0 spiro atoms. The minimum absolute atomic E-state index is 0.113. The van der Waals surface area contributed by atoms with Crippen molar-refractivity contribution in [1.82, 2.24) is 36.4 Å². The monoisotopic (exact) mass is 799 g/mol. The van der Waals surface area contributed by atoms with Gasteiger partial charge in [0.15, 0.2) is 0 Å². The number of amides is 10. The Hall–Kier alpha value is -6.01. The minimum atomic E-state index is -1.06. The normalized spacial score (nSPS) is 13.7. The molecule has 0 saturated heterocycles. The Labute approximate surface area is 332 Å². The van der Waals surface area contributed by atoms with E-state index in [1.165, 1.54) is 26.2 Å². The van der Waals surface area contributed by atoms with E-state index in [4.69, 9.17) is 10.5 Å². The number of rotatable bonds is 23. The van der Waals surface area contributed by atoms with Crippen molar-refractivity contribution in [2.45, 2.75) is 91.0 Å². The highest BCUT2D eigenvalue weighted by Gasteiger charge is 2.29. The van der Waals surface area contributed by atoms with E-state index in [1.54, 1.807) is 52.0 Å². The highest BCUT2D eigenvalue weighted by atomic mass is 16.6. The third-order valence-electron chi connectivity index (χ3n) is 8.84. The molecule has 10 amide bonds. The van der Waals surface area contributed by atoms with Crippen LogP contribution in [0.3, 0.4) is 0 Å². The Kier molecular flexibility index (Phi) is 19.7. The summed E-state index contributed by atoms with van der Waals surface area (Å²) in [5, 5.41) is 15.8. The number of primary amides is 1. The number of nitrogens with one attached hydrogen (secondary N) is 6. The number of likely N-dealkylation sites (N-methyl/N-ethyl adjacent to an activating group) is 2. The molecule has 1 heterocycles. The van der Waals surface area contributed by atoms with Crippen LogP contribution in [0.1, 0.15) is 71.8 Å². The van der Waals surface area contributed by atoms with Crippen molar-refractivity contribution in [3.05, 3.63) is 42.0 Å². The molecule has 0 bridgehead atoms. The zero-order chi connectivity index (χ0) is 42.7. The molecule has 3 atom stereocenters. The van der Waals surface area contributed by atoms with Crippen LogP contribution in [0.15, 0.2) is 36.4 Å². The molecular weight excluding hydrogens is 742 g/mol. The van der Waals surface area contributed by atoms with Crippen molar-refractivity contribution in [3.8, 4) is 0 Å². The molecule has 1 aromatic carbocycles. The molecule has 0 aromatic heterocycles. The Morgan fingerprint density at radius 1 is 0.772 bits per heavy atom. The lowest BCUT2D eigenvalue weighted by Gasteiger charge is -2.25. The smallest absolute Gasteiger partial charge is 0.410 e. The van der Waals surface area contributed by atoms with Crippen molar-refractivity contribution in [2.75, 3.05) is 39.0 Å². The molecule has 19 nitrogen and oxygen atoms in total. The second-order valence-corrected chi connectivity index (χ2v) is 14.3. The first kappa shape index (κ1) is 47.1. The fraction of sp³-hybridized carbons (Fsp3) is 0.553. The van der Waals surface area contributed by atoms with Crippen LogP contribution in [-0.4, -0.2) is 115 Å². The van der Waals surface area contributed by atoms with Gasteiger partial charge in [-0.2, -0.15) is 0 Å². The van der Waals surface area contributed by atoms with Gasteiger partial charge in [0.25, 0.3) is 11.8 Å². The number of imide groups is 1. The van der Waals surface area contributed by atoms with Crippen LogP contribution in [0.25, 0.3) is 0 Å². The molecule has 0 aliphatic carbocycles. The first-order valence-electron chi connectivity index (χ1n) is 18.9. The lowest BCUT2D eigenvalue weighted by atomic mass is 10.0. The van der Waals surface area contributed by atoms with Gasteiger partial charge in [-0.3, -0.25) is 38.5 Å². The van der Waals surface area contributed by atoms with E-state index in [1.807, 2.05) is 0 Å². The minimum Gasteiger partial charge on any atom is -0.445 e. The van der Waals surface area contributed by atoms with Crippen LogP contribution >= 0.6 is 0 Å². The number of benzene rings is 1. The predicted octanol–water partition coefficient (Wildman–Crippen LogP) is 0.640. The predicted molar refractivity (Wildman–Crippen MR) is 209 cm³/mol. The van der Waals surface area contributed by atoms with Crippen LogP contribution in [0.2, 0.25) is 0 Å². The molecule has 0 radical (unpaired) electrons.